The van der Waals surface area contributed by atoms with Crippen LogP contribution in [0.2, 0.25) is 0 Å². The first-order valence-corrected chi connectivity index (χ1v) is 6.09. The maximum absolute atomic E-state index is 6.37. The first-order chi connectivity index (χ1) is 7.86. The third kappa shape index (κ3) is 2.18. The molecule has 0 heterocycles. The summed E-state index contributed by atoms with van der Waals surface area (Å²) in [5, 5.41) is 2.62. The summed E-state index contributed by atoms with van der Waals surface area (Å²) in [6.07, 6.45) is 3.94. The summed E-state index contributed by atoms with van der Waals surface area (Å²) in [5.74, 6) is 0.700. The number of fused-ring (bicyclic) bond motifs is 1. The highest BCUT2D eigenvalue weighted by Crippen LogP contribution is 2.38. The second-order valence-electron chi connectivity index (χ2n) is 4.79. The average Bonchev–Trinajstić information content (AvgIpc) is 2.26. The number of benzene rings is 2. The highest BCUT2D eigenvalue weighted by atomic mass is 35.5. The maximum atomic E-state index is 6.37. The highest BCUT2D eigenvalue weighted by molar-refractivity contribution is 5.86. The normalized spacial score (nSPS) is 17.2. The van der Waals surface area contributed by atoms with Crippen molar-refractivity contribution in [2.24, 2.45) is 11.7 Å². The van der Waals surface area contributed by atoms with Gasteiger partial charge in [0.1, 0.15) is 0 Å². The lowest BCUT2D eigenvalue weighted by Crippen LogP contribution is -2.26. The van der Waals surface area contributed by atoms with E-state index in [2.05, 4.69) is 42.5 Å². The number of halogens is 1. The Morgan fingerprint density at radius 2 is 1.71 bits per heavy atom. The quantitative estimate of drug-likeness (QED) is 0.851. The summed E-state index contributed by atoms with van der Waals surface area (Å²) in [4.78, 5) is 0. The van der Waals surface area contributed by atoms with E-state index < -0.39 is 0 Å². The number of hydrogen-bond acceptors (Lipinski definition) is 1. The van der Waals surface area contributed by atoms with Crippen molar-refractivity contribution in [2.75, 3.05) is 0 Å². The summed E-state index contributed by atoms with van der Waals surface area (Å²) >= 11 is 0. The Labute approximate surface area is 108 Å². The van der Waals surface area contributed by atoms with Crippen LogP contribution in [-0.2, 0) is 0 Å². The number of rotatable bonds is 2. The fraction of sp³-hybridized carbons (Fsp3) is 0.333. The van der Waals surface area contributed by atoms with Gasteiger partial charge in [-0.05, 0) is 35.1 Å². The first kappa shape index (κ1) is 12.4. The van der Waals surface area contributed by atoms with E-state index >= 15 is 0 Å². The first-order valence-electron chi connectivity index (χ1n) is 6.09. The summed E-state index contributed by atoms with van der Waals surface area (Å²) in [5.41, 5.74) is 7.69. The largest absolute Gasteiger partial charge is 0.324 e. The second kappa shape index (κ2) is 5.07. The topological polar surface area (TPSA) is 26.0 Å². The molecule has 0 unspecified atom stereocenters. The fourth-order valence-corrected chi connectivity index (χ4v) is 2.59. The third-order valence-electron chi connectivity index (χ3n) is 3.84. The zero-order valence-electron chi connectivity index (χ0n) is 9.80. The van der Waals surface area contributed by atoms with Gasteiger partial charge in [0, 0.05) is 6.04 Å². The molecule has 1 atom stereocenters. The van der Waals surface area contributed by atoms with Gasteiger partial charge >= 0.3 is 0 Å². The Bertz CT molecular complexity index is 500. The molecule has 2 aromatic carbocycles. The standard InChI is InChI=1S/C15H17N.ClH/c16-15(12-7-3-8-12)14-10-4-6-11-5-1-2-9-13(11)14;/h1-2,4-6,9-10,12,15H,3,7-8,16H2;1H/t15-;/m1./s1. The monoisotopic (exact) mass is 247 g/mol. The molecule has 0 saturated heterocycles. The van der Waals surface area contributed by atoms with Gasteiger partial charge < -0.3 is 5.73 Å². The molecule has 1 nitrogen and oxygen atoms in total. The minimum atomic E-state index is 0. The van der Waals surface area contributed by atoms with Gasteiger partial charge in [-0.25, -0.2) is 0 Å². The van der Waals surface area contributed by atoms with Crippen LogP contribution in [0.5, 0.6) is 0 Å². The predicted molar refractivity (Wildman–Crippen MR) is 75.5 cm³/mol. The highest BCUT2D eigenvalue weighted by Gasteiger charge is 2.26. The van der Waals surface area contributed by atoms with Crippen molar-refractivity contribution in [3.8, 4) is 0 Å². The van der Waals surface area contributed by atoms with E-state index in [0.717, 1.165) is 0 Å². The van der Waals surface area contributed by atoms with Crippen LogP contribution in [0.1, 0.15) is 30.9 Å². The Morgan fingerprint density at radius 3 is 2.41 bits per heavy atom. The minimum absolute atomic E-state index is 0. The molecule has 0 bridgehead atoms. The van der Waals surface area contributed by atoms with Crippen LogP contribution >= 0.6 is 12.4 Å². The molecule has 1 aliphatic rings. The molecule has 0 amide bonds. The Morgan fingerprint density at radius 1 is 1.00 bits per heavy atom. The molecular weight excluding hydrogens is 230 g/mol. The molecule has 90 valence electrons. The smallest absolute Gasteiger partial charge is 0.0329 e. The van der Waals surface area contributed by atoms with Gasteiger partial charge in [0.05, 0.1) is 0 Å². The lowest BCUT2D eigenvalue weighted by Gasteiger charge is -2.32. The molecule has 1 saturated carbocycles. The molecule has 1 aliphatic carbocycles. The van der Waals surface area contributed by atoms with Gasteiger partial charge in [-0.1, -0.05) is 48.9 Å². The molecule has 17 heavy (non-hydrogen) atoms. The fourth-order valence-electron chi connectivity index (χ4n) is 2.59. The van der Waals surface area contributed by atoms with E-state index in [1.54, 1.807) is 0 Å². The van der Waals surface area contributed by atoms with Gasteiger partial charge in [0.25, 0.3) is 0 Å². The summed E-state index contributed by atoms with van der Waals surface area (Å²) in [6.45, 7) is 0. The zero-order chi connectivity index (χ0) is 11.0. The summed E-state index contributed by atoms with van der Waals surface area (Å²) in [6, 6.07) is 15.2. The third-order valence-corrected chi connectivity index (χ3v) is 3.84. The molecule has 2 aromatic rings. The van der Waals surface area contributed by atoms with Crippen LogP contribution < -0.4 is 5.73 Å². The lowest BCUT2D eigenvalue weighted by atomic mass is 9.77. The molecule has 0 spiro atoms. The number of nitrogens with two attached hydrogens (primary N) is 1. The van der Waals surface area contributed by atoms with Gasteiger partial charge in [0.15, 0.2) is 0 Å². The van der Waals surface area contributed by atoms with Crippen molar-refractivity contribution in [1.82, 2.24) is 0 Å². The predicted octanol–water partition coefficient (Wildman–Crippen LogP) is 4.06. The molecule has 0 aliphatic heterocycles. The van der Waals surface area contributed by atoms with Crippen molar-refractivity contribution < 1.29 is 0 Å². The Kier molecular flexibility index (Phi) is 3.70. The number of hydrogen-bond donors (Lipinski definition) is 1. The molecule has 0 aromatic heterocycles. The molecule has 0 radical (unpaired) electrons. The van der Waals surface area contributed by atoms with Gasteiger partial charge in [-0.2, -0.15) is 0 Å². The molecule has 1 fully saturated rings. The molecular formula is C15H18ClN. The minimum Gasteiger partial charge on any atom is -0.324 e. The van der Waals surface area contributed by atoms with Crippen molar-refractivity contribution in [3.05, 3.63) is 48.0 Å². The van der Waals surface area contributed by atoms with Crippen molar-refractivity contribution in [3.63, 3.8) is 0 Å². The van der Waals surface area contributed by atoms with Gasteiger partial charge in [0.2, 0.25) is 0 Å². The van der Waals surface area contributed by atoms with Crippen LogP contribution in [0, 0.1) is 5.92 Å². The van der Waals surface area contributed by atoms with Crippen LogP contribution in [0.3, 0.4) is 0 Å². The van der Waals surface area contributed by atoms with E-state index in [9.17, 15) is 0 Å². The van der Waals surface area contributed by atoms with Gasteiger partial charge in [-0.15, -0.1) is 12.4 Å². The van der Waals surface area contributed by atoms with Crippen molar-refractivity contribution in [1.29, 1.82) is 0 Å². The van der Waals surface area contributed by atoms with Crippen LogP contribution in [-0.4, -0.2) is 0 Å². The van der Waals surface area contributed by atoms with Crippen molar-refractivity contribution in [2.45, 2.75) is 25.3 Å². The van der Waals surface area contributed by atoms with E-state index in [4.69, 9.17) is 5.73 Å². The maximum Gasteiger partial charge on any atom is 0.0329 e. The average molecular weight is 248 g/mol. The van der Waals surface area contributed by atoms with Crippen molar-refractivity contribution >= 4 is 23.2 Å². The van der Waals surface area contributed by atoms with E-state index in [1.165, 1.54) is 35.6 Å². The molecule has 2 N–H and O–H groups in total. The van der Waals surface area contributed by atoms with Crippen LogP contribution in [0.4, 0.5) is 0 Å². The summed E-state index contributed by atoms with van der Waals surface area (Å²) in [7, 11) is 0. The Hall–Kier alpha value is -1.05. The molecule has 2 heteroatoms. The molecule has 3 rings (SSSR count). The van der Waals surface area contributed by atoms with E-state index in [-0.39, 0.29) is 18.4 Å². The van der Waals surface area contributed by atoms with E-state index in [1.807, 2.05) is 0 Å². The Balaban J connectivity index is 0.00000108. The van der Waals surface area contributed by atoms with Gasteiger partial charge in [-0.3, -0.25) is 0 Å². The SMILES string of the molecule is Cl.N[C@@H](c1cccc2ccccc12)C1CCC1. The van der Waals surface area contributed by atoms with E-state index in [0.29, 0.717) is 5.92 Å². The van der Waals surface area contributed by atoms with Crippen LogP contribution in [0.15, 0.2) is 42.5 Å². The lowest BCUT2D eigenvalue weighted by molar-refractivity contribution is 0.265. The zero-order valence-corrected chi connectivity index (χ0v) is 10.6. The second-order valence-corrected chi connectivity index (χ2v) is 4.79. The summed E-state index contributed by atoms with van der Waals surface area (Å²) < 4.78 is 0. The van der Waals surface area contributed by atoms with Crippen LogP contribution in [0.25, 0.3) is 10.8 Å².